The number of methoxy groups -OCH3 is 1. The zero-order valence-electron chi connectivity index (χ0n) is 16.8. The highest BCUT2D eigenvalue weighted by molar-refractivity contribution is 7.90. The van der Waals surface area contributed by atoms with Crippen LogP contribution >= 0.6 is 0 Å². The summed E-state index contributed by atoms with van der Waals surface area (Å²) in [5.41, 5.74) is 1.91. The van der Waals surface area contributed by atoms with Gasteiger partial charge in [0.1, 0.15) is 17.6 Å². The molecule has 0 saturated carbocycles. The summed E-state index contributed by atoms with van der Waals surface area (Å²) in [4.78, 5) is 5.56. The van der Waals surface area contributed by atoms with Gasteiger partial charge in [0.2, 0.25) is 10.0 Å². The van der Waals surface area contributed by atoms with Crippen molar-refractivity contribution in [3.8, 4) is 5.75 Å². The lowest BCUT2D eigenvalue weighted by Gasteiger charge is -2.23. The third-order valence-electron chi connectivity index (χ3n) is 4.86. The third kappa shape index (κ3) is 5.77. The molecule has 7 nitrogen and oxygen atoms in total. The zero-order valence-corrected chi connectivity index (χ0v) is 17.6. The molecule has 158 valence electrons. The second-order valence-corrected chi connectivity index (χ2v) is 8.94. The molecule has 2 aromatic rings. The Morgan fingerprint density at radius 3 is 2.72 bits per heavy atom. The third-order valence-corrected chi connectivity index (χ3v) is 6.66. The quantitative estimate of drug-likeness (QED) is 0.595. The second kappa shape index (κ2) is 10.2. The summed E-state index contributed by atoms with van der Waals surface area (Å²) in [6.45, 7) is 1.40. The molecule has 0 aliphatic carbocycles. The van der Waals surface area contributed by atoms with Crippen molar-refractivity contribution in [2.75, 3.05) is 33.9 Å². The maximum absolute atomic E-state index is 12.8. The van der Waals surface area contributed by atoms with E-state index in [4.69, 9.17) is 14.3 Å². The minimum atomic E-state index is -3.55. The van der Waals surface area contributed by atoms with Crippen molar-refractivity contribution < 1.29 is 22.7 Å². The fraction of sp³-hybridized carbons (Fsp3) is 0.429. The smallest absolute Gasteiger partial charge is 0.218 e. The average molecular weight is 421 g/mol. The van der Waals surface area contributed by atoms with E-state index in [9.17, 15) is 8.42 Å². The van der Waals surface area contributed by atoms with Crippen molar-refractivity contribution in [1.82, 2.24) is 9.79 Å². The molecule has 2 aromatic carbocycles. The lowest BCUT2D eigenvalue weighted by Crippen LogP contribution is -2.39. The molecular weight excluding hydrogens is 392 g/mol. The largest absolute Gasteiger partial charge is 0.489 e. The van der Waals surface area contributed by atoms with Crippen LogP contribution in [-0.2, 0) is 26.2 Å². The predicted molar refractivity (Wildman–Crippen MR) is 111 cm³/mol. The number of rotatable bonds is 10. The monoisotopic (exact) mass is 420 g/mol. The average Bonchev–Trinajstić information content (AvgIpc) is 3.13. The Morgan fingerprint density at radius 1 is 1.17 bits per heavy atom. The summed E-state index contributed by atoms with van der Waals surface area (Å²) in [5.74, 6) is 0.691. The number of nitrogens with one attached hydrogen (secondary N) is 1. The Bertz CT molecular complexity index is 876. The molecule has 1 heterocycles. The molecular formula is C21H28N2O5S. The van der Waals surface area contributed by atoms with Crippen LogP contribution in [0.1, 0.15) is 23.6 Å². The SMILES string of the molecule is COCCCNS(=O)(=O)C1CON(C)C1c1cccc(OCc2ccccc2)c1. The van der Waals surface area contributed by atoms with Gasteiger partial charge in [0.25, 0.3) is 0 Å². The first-order valence-electron chi connectivity index (χ1n) is 9.61. The summed E-state index contributed by atoms with van der Waals surface area (Å²) in [6, 6.07) is 17.0. The summed E-state index contributed by atoms with van der Waals surface area (Å²) in [6.07, 6.45) is 0.618. The van der Waals surface area contributed by atoms with Gasteiger partial charge in [0, 0.05) is 27.3 Å². The van der Waals surface area contributed by atoms with Crippen molar-refractivity contribution in [3.63, 3.8) is 0 Å². The van der Waals surface area contributed by atoms with Crippen LogP contribution in [0.2, 0.25) is 0 Å². The Balaban J connectivity index is 1.71. The van der Waals surface area contributed by atoms with Gasteiger partial charge in [-0.05, 0) is 29.7 Å². The molecule has 2 atom stereocenters. The van der Waals surface area contributed by atoms with Crippen LogP contribution < -0.4 is 9.46 Å². The molecule has 1 aliphatic heterocycles. The minimum Gasteiger partial charge on any atom is -0.489 e. The first-order valence-corrected chi connectivity index (χ1v) is 11.2. The molecule has 1 fully saturated rings. The number of benzene rings is 2. The van der Waals surface area contributed by atoms with Gasteiger partial charge in [-0.2, -0.15) is 5.06 Å². The predicted octanol–water partition coefficient (Wildman–Crippen LogP) is 2.51. The number of hydroxylamine groups is 2. The van der Waals surface area contributed by atoms with Crippen LogP contribution in [0.15, 0.2) is 54.6 Å². The van der Waals surface area contributed by atoms with E-state index < -0.39 is 21.3 Å². The molecule has 3 rings (SSSR count). The van der Waals surface area contributed by atoms with E-state index in [1.165, 1.54) is 0 Å². The molecule has 1 aliphatic rings. The van der Waals surface area contributed by atoms with Gasteiger partial charge in [0.05, 0.1) is 12.6 Å². The van der Waals surface area contributed by atoms with Crippen LogP contribution in [0.5, 0.6) is 5.75 Å². The van der Waals surface area contributed by atoms with Crippen LogP contribution in [0, 0.1) is 0 Å². The standard InChI is InChI=1S/C21H28N2O5S/c1-23-21(20(16-28-23)29(24,25)22-12-7-13-26-2)18-10-6-11-19(14-18)27-15-17-8-4-3-5-9-17/h3-6,8-11,14,20-22H,7,12-13,15-16H2,1-2H3. The van der Waals surface area contributed by atoms with E-state index in [1.54, 1.807) is 19.2 Å². The Hall–Kier alpha value is -1.97. The van der Waals surface area contributed by atoms with Crippen LogP contribution in [0.4, 0.5) is 0 Å². The van der Waals surface area contributed by atoms with Gasteiger partial charge in [0.15, 0.2) is 0 Å². The molecule has 2 unspecified atom stereocenters. The van der Waals surface area contributed by atoms with E-state index in [0.717, 1.165) is 11.1 Å². The van der Waals surface area contributed by atoms with E-state index in [0.29, 0.717) is 31.9 Å². The van der Waals surface area contributed by atoms with Crippen LogP contribution in [0.25, 0.3) is 0 Å². The summed E-state index contributed by atoms with van der Waals surface area (Å²) < 4.78 is 39.2. The highest BCUT2D eigenvalue weighted by Gasteiger charge is 2.43. The van der Waals surface area contributed by atoms with E-state index in [-0.39, 0.29) is 6.61 Å². The molecule has 0 bridgehead atoms. The molecule has 29 heavy (non-hydrogen) atoms. The van der Waals surface area contributed by atoms with Crippen molar-refractivity contribution >= 4 is 10.0 Å². The number of hydrogen-bond acceptors (Lipinski definition) is 6. The normalized spacial score (nSPS) is 20.1. The van der Waals surface area contributed by atoms with Crippen molar-refractivity contribution in [2.24, 2.45) is 0 Å². The first kappa shape index (κ1) is 21.7. The van der Waals surface area contributed by atoms with Gasteiger partial charge in [-0.25, -0.2) is 13.1 Å². The van der Waals surface area contributed by atoms with Crippen LogP contribution in [-0.4, -0.2) is 52.6 Å². The molecule has 0 spiro atoms. The minimum absolute atomic E-state index is 0.107. The van der Waals surface area contributed by atoms with E-state index >= 15 is 0 Å². The van der Waals surface area contributed by atoms with Gasteiger partial charge >= 0.3 is 0 Å². The van der Waals surface area contributed by atoms with Gasteiger partial charge in [-0.15, -0.1) is 0 Å². The summed E-state index contributed by atoms with van der Waals surface area (Å²) in [5, 5.41) is 0.898. The van der Waals surface area contributed by atoms with E-state index in [1.807, 2.05) is 54.6 Å². The Kier molecular flexibility index (Phi) is 7.63. The molecule has 1 saturated heterocycles. The summed E-state index contributed by atoms with van der Waals surface area (Å²) >= 11 is 0. The lowest BCUT2D eigenvalue weighted by molar-refractivity contribution is -0.110. The maximum Gasteiger partial charge on any atom is 0.218 e. The Labute approximate surface area is 172 Å². The topological polar surface area (TPSA) is 77.1 Å². The number of sulfonamides is 1. The highest BCUT2D eigenvalue weighted by atomic mass is 32.2. The second-order valence-electron chi connectivity index (χ2n) is 6.96. The first-order chi connectivity index (χ1) is 14.0. The zero-order chi connectivity index (χ0) is 20.7. The fourth-order valence-electron chi connectivity index (χ4n) is 3.35. The van der Waals surface area contributed by atoms with Gasteiger partial charge in [-0.3, -0.25) is 4.84 Å². The van der Waals surface area contributed by atoms with Crippen molar-refractivity contribution in [2.45, 2.75) is 24.3 Å². The number of ether oxygens (including phenoxy) is 2. The lowest BCUT2D eigenvalue weighted by atomic mass is 10.0. The maximum atomic E-state index is 12.8. The van der Waals surface area contributed by atoms with Gasteiger partial charge in [-0.1, -0.05) is 42.5 Å². The molecule has 0 radical (unpaired) electrons. The van der Waals surface area contributed by atoms with Gasteiger partial charge < -0.3 is 9.47 Å². The summed E-state index contributed by atoms with van der Waals surface area (Å²) in [7, 11) is -0.205. The van der Waals surface area contributed by atoms with E-state index in [2.05, 4.69) is 4.72 Å². The number of hydrogen-bond donors (Lipinski definition) is 1. The molecule has 1 N–H and O–H groups in total. The fourth-order valence-corrected chi connectivity index (χ4v) is 4.90. The molecule has 8 heteroatoms. The van der Waals surface area contributed by atoms with Crippen molar-refractivity contribution in [1.29, 1.82) is 0 Å². The number of nitrogens with zero attached hydrogens (tertiary/aromatic N) is 1. The highest BCUT2D eigenvalue weighted by Crippen LogP contribution is 2.34. The molecule has 0 aromatic heterocycles. The van der Waals surface area contributed by atoms with Crippen LogP contribution in [0.3, 0.4) is 0 Å². The Morgan fingerprint density at radius 2 is 1.97 bits per heavy atom. The molecule has 0 amide bonds. The van der Waals surface area contributed by atoms with Crippen molar-refractivity contribution in [3.05, 3.63) is 65.7 Å².